The molecule has 0 radical (unpaired) electrons. The number of para-hydroxylation sites is 2. The van der Waals surface area contributed by atoms with Crippen molar-refractivity contribution >= 4 is 54.5 Å². The number of nitrogens with zero attached hydrogens (tertiary/aromatic N) is 2. The lowest BCUT2D eigenvalue weighted by atomic mass is 10.2. The summed E-state index contributed by atoms with van der Waals surface area (Å²) in [5, 5.41) is -0.351. The second kappa shape index (κ2) is 5.71. The molecule has 0 saturated heterocycles. The molecule has 1 aromatic heterocycles. The van der Waals surface area contributed by atoms with E-state index in [4.69, 9.17) is 11.6 Å². The van der Waals surface area contributed by atoms with Crippen LogP contribution >= 0.6 is 43.5 Å². The number of rotatable bonds is 2. The molecule has 0 spiro atoms. The van der Waals surface area contributed by atoms with Gasteiger partial charge in [0.05, 0.1) is 16.6 Å². The summed E-state index contributed by atoms with van der Waals surface area (Å²) in [6.45, 7) is 1.82. The summed E-state index contributed by atoms with van der Waals surface area (Å²) in [4.78, 5) is 4.38. The highest BCUT2D eigenvalue weighted by Gasteiger charge is 2.21. The molecule has 2 nitrogen and oxygen atoms in total. The number of imidazole rings is 1. The van der Waals surface area contributed by atoms with Crippen LogP contribution in [-0.2, 0) is 0 Å². The topological polar surface area (TPSA) is 17.8 Å². The molecule has 0 aliphatic rings. The van der Waals surface area contributed by atoms with Crippen LogP contribution in [0.5, 0.6) is 0 Å². The fraction of sp³-hybridized carbons (Fsp3) is 0.133. The number of hydrogen-bond donors (Lipinski definition) is 0. The molecule has 1 atom stereocenters. The summed E-state index contributed by atoms with van der Waals surface area (Å²) in [6, 6.07) is 10.7. The molecule has 0 fully saturated rings. The molecule has 6 heteroatoms. The Morgan fingerprint density at radius 2 is 1.76 bits per heavy atom. The normalized spacial score (nSPS) is 12.8. The summed E-state index contributed by atoms with van der Waals surface area (Å²) in [5.74, 6) is 0.248. The maximum Gasteiger partial charge on any atom is 0.151 e. The van der Waals surface area contributed by atoms with Gasteiger partial charge in [-0.25, -0.2) is 9.37 Å². The van der Waals surface area contributed by atoms with E-state index in [0.29, 0.717) is 16.9 Å². The van der Waals surface area contributed by atoms with Crippen LogP contribution in [-0.4, -0.2) is 9.55 Å². The van der Waals surface area contributed by atoms with E-state index < -0.39 is 0 Å². The Labute approximate surface area is 143 Å². The Balaban J connectivity index is 2.46. The van der Waals surface area contributed by atoms with Gasteiger partial charge >= 0.3 is 0 Å². The summed E-state index contributed by atoms with van der Waals surface area (Å²) in [5.41, 5.74) is 1.86. The first-order valence-electron chi connectivity index (χ1n) is 6.26. The monoisotopic (exact) mass is 430 g/mol. The van der Waals surface area contributed by atoms with Gasteiger partial charge in [-0.1, -0.05) is 12.1 Å². The van der Waals surface area contributed by atoms with Crippen molar-refractivity contribution in [3.05, 3.63) is 57.0 Å². The van der Waals surface area contributed by atoms with Crippen LogP contribution in [0.4, 0.5) is 4.39 Å². The summed E-state index contributed by atoms with van der Waals surface area (Å²) >= 11 is 13.3. The highest BCUT2D eigenvalue weighted by Crippen LogP contribution is 2.36. The van der Waals surface area contributed by atoms with Crippen LogP contribution in [0.3, 0.4) is 0 Å². The average Bonchev–Trinajstić information content (AvgIpc) is 2.80. The Morgan fingerprint density at radius 3 is 2.38 bits per heavy atom. The molecule has 0 aliphatic carbocycles. The van der Waals surface area contributed by atoms with Crippen LogP contribution in [0, 0.1) is 5.82 Å². The Bertz CT molecular complexity index is 810. The molecule has 108 valence electrons. The number of hydrogen-bond acceptors (Lipinski definition) is 1. The third-order valence-electron chi connectivity index (χ3n) is 3.18. The van der Waals surface area contributed by atoms with Crippen molar-refractivity contribution in [2.75, 3.05) is 0 Å². The maximum absolute atomic E-state index is 14.0. The quantitative estimate of drug-likeness (QED) is 0.455. The first-order chi connectivity index (χ1) is 10.0. The third-order valence-corrected chi connectivity index (χ3v) is 4.65. The van der Waals surface area contributed by atoms with Crippen molar-refractivity contribution in [3.63, 3.8) is 0 Å². The number of benzene rings is 2. The minimum atomic E-state index is -0.354. The molecule has 0 aliphatic heterocycles. The number of fused-ring (bicyclic) bond motifs is 1. The van der Waals surface area contributed by atoms with Gasteiger partial charge in [0.25, 0.3) is 0 Å². The van der Waals surface area contributed by atoms with Crippen LogP contribution in [0.25, 0.3) is 16.7 Å². The van der Waals surface area contributed by atoms with Crippen molar-refractivity contribution in [3.8, 4) is 5.69 Å². The molecule has 21 heavy (non-hydrogen) atoms. The molecule has 0 N–H and O–H groups in total. The number of alkyl halides is 1. The van der Waals surface area contributed by atoms with E-state index in [1.165, 1.54) is 6.07 Å². The van der Waals surface area contributed by atoms with Gasteiger partial charge in [-0.05, 0) is 63.0 Å². The zero-order valence-corrected chi connectivity index (χ0v) is 14.9. The fourth-order valence-corrected chi connectivity index (χ4v) is 3.79. The standard InChI is InChI=1S/C15H10Br2ClFN2/c1-8(18)15-20-13-11(19)6-3-7-12(13)21(15)14-9(16)4-2-5-10(14)17/h2-8H,1H3. The van der Waals surface area contributed by atoms with Crippen molar-refractivity contribution in [2.45, 2.75) is 12.3 Å². The van der Waals surface area contributed by atoms with Crippen molar-refractivity contribution in [1.82, 2.24) is 9.55 Å². The summed E-state index contributed by atoms with van der Waals surface area (Å²) in [7, 11) is 0. The molecule has 3 aromatic rings. The van der Waals surface area contributed by atoms with Crippen molar-refractivity contribution in [2.24, 2.45) is 0 Å². The molecule has 2 aromatic carbocycles. The maximum atomic E-state index is 14.0. The first kappa shape index (κ1) is 15.0. The van der Waals surface area contributed by atoms with Gasteiger partial charge in [0.2, 0.25) is 0 Å². The largest absolute Gasteiger partial charge is 0.293 e. The molecular weight excluding hydrogens is 422 g/mol. The SMILES string of the molecule is CC(Cl)c1nc2c(F)cccc2n1-c1c(Br)cccc1Br. The number of halogens is 4. The zero-order chi connectivity index (χ0) is 15.1. The smallest absolute Gasteiger partial charge is 0.151 e. The van der Waals surface area contributed by atoms with E-state index >= 15 is 0 Å². The van der Waals surface area contributed by atoms with Gasteiger partial charge < -0.3 is 0 Å². The second-order valence-corrected chi connectivity index (χ2v) is 6.96. The Kier molecular flexibility index (Phi) is 4.08. The first-order valence-corrected chi connectivity index (χ1v) is 8.28. The minimum Gasteiger partial charge on any atom is -0.293 e. The molecule has 3 rings (SSSR count). The van der Waals surface area contributed by atoms with Gasteiger partial charge in [0.15, 0.2) is 5.82 Å². The van der Waals surface area contributed by atoms with Crippen LogP contribution in [0.2, 0.25) is 0 Å². The molecular formula is C15H10Br2ClFN2. The van der Waals surface area contributed by atoms with Gasteiger partial charge in [-0.2, -0.15) is 0 Å². The lowest BCUT2D eigenvalue weighted by molar-refractivity contribution is 0.637. The van der Waals surface area contributed by atoms with E-state index in [2.05, 4.69) is 36.8 Å². The van der Waals surface area contributed by atoms with Gasteiger partial charge in [-0.3, -0.25) is 4.57 Å². The van der Waals surface area contributed by atoms with E-state index in [0.717, 1.165) is 14.6 Å². The average molecular weight is 433 g/mol. The molecule has 0 saturated carbocycles. The van der Waals surface area contributed by atoms with Gasteiger partial charge in [0, 0.05) is 8.95 Å². The third kappa shape index (κ3) is 2.51. The number of aromatic nitrogens is 2. The lowest BCUT2D eigenvalue weighted by Crippen LogP contribution is -2.03. The highest BCUT2D eigenvalue weighted by atomic mass is 79.9. The van der Waals surface area contributed by atoms with Crippen LogP contribution < -0.4 is 0 Å². The van der Waals surface area contributed by atoms with E-state index in [9.17, 15) is 4.39 Å². The van der Waals surface area contributed by atoms with E-state index in [-0.39, 0.29) is 11.2 Å². The molecule has 1 unspecified atom stereocenters. The van der Waals surface area contributed by atoms with E-state index in [1.54, 1.807) is 6.07 Å². The molecule has 1 heterocycles. The lowest BCUT2D eigenvalue weighted by Gasteiger charge is -2.14. The Hall–Kier alpha value is -0.910. The predicted octanol–water partition coefficient (Wildman–Crippen LogP) is 5.99. The zero-order valence-electron chi connectivity index (χ0n) is 10.9. The summed E-state index contributed by atoms with van der Waals surface area (Å²) < 4.78 is 17.6. The highest BCUT2D eigenvalue weighted by molar-refractivity contribution is 9.11. The van der Waals surface area contributed by atoms with E-state index in [1.807, 2.05) is 35.8 Å². The van der Waals surface area contributed by atoms with Crippen LogP contribution in [0.1, 0.15) is 18.1 Å². The fourth-order valence-electron chi connectivity index (χ4n) is 2.29. The second-order valence-electron chi connectivity index (χ2n) is 4.60. The minimum absolute atomic E-state index is 0.322. The van der Waals surface area contributed by atoms with Gasteiger partial charge in [0.1, 0.15) is 11.3 Å². The predicted molar refractivity (Wildman–Crippen MR) is 90.7 cm³/mol. The van der Waals surface area contributed by atoms with Gasteiger partial charge in [-0.15, -0.1) is 11.6 Å². The van der Waals surface area contributed by atoms with Crippen LogP contribution in [0.15, 0.2) is 45.3 Å². The van der Waals surface area contributed by atoms with Crippen molar-refractivity contribution in [1.29, 1.82) is 0 Å². The summed E-state index contributed by atoms with van der Waals surface area (Å²) in [6.07, 6.45) is 0. The molecule has 0 amide bonds. The van der Waals surface area contributed by atoms with Crippen molar-refractivity contribution < 1.29 is 4.39 Å². The Morgan fingerprint density at radius 1 is 1.14 bits per heavy atom. The molecule has 0 bridgehead atoms.